The predicted molar refractivity (Wildman–Crippen MR) is 182 cm³/mol. The van der Waals surface area contributed by atoms with Gasteiger partial charge in [0.05, 0.1) is 11.3 Å². The van der Waals surface area contributed by atoms with E-state index in [1.807, 2.05) is 19.1 Å². The van der Waals surface area contributed by atoms with Gasteiger partial charge in [0.2, 0.25) is 5.91 Å². The number of hydrogen-bond donors (Lipinski definition) is 3. The Morgan fingerprint density at radius 1 is 1.12 bits per heavy atom. The third-order valence-electron chi connectivity index (χ3n) is 8.95. The summed E-state index contributed by atoms with van der Waals surface area (Å²) in [6, 6.07) is 12.5. The van der Waals surface area contributed by atoms with Crippen LogP contribution in [0.4, 0.5) is 13.2 Å². The van der Waals surface area contributed by atoms with Crippen LogP contribution in [0.2, 0.25) is 10.0 Å². The van der Waals surface area contributed by atoms with Crippen molar-refractivity contribution in [3.63, 3.8) is 0 Å². The number of carbonyl (C=O) groups is 1. The van der Waals surface area contributed by atoms with Gasteiger partial charge in [-0.2, -0.15) is 18.4 Å². The molecule has 1 fully saturated rings. The molecule has 2 aromatic heterocycles. The number of piperidine rings is 1. The summed E-state index contributed by atoms with van der Waals surface area (Å²) in [7, 11) is 0. The van der Waals surface area contributed by atoms with Crippen LogP contribution in [0.3, 0.4) is 0 Å². The van der Waals surface area contributed by atoms with E-state index in [1.165, 1.54) is 18.2 Å². The summed E-state index contributed by atoms with van der Waals surface area (Å²) in [4.78, 5) is 30.8. The molecule has 2 aromatic carbocycles. The summed E-state index contributed by atoms with van der Waals surface area (Å²) >= 11 is 12.6. The molecule has 3 N–H and O–H groups in total. The number of nitrogens with zero attached hydrogens (tertiary/aromatic N) is 2. The van der Waals surface area contributed by atoms with E-state index in [1.54, 1.807) is 6.07 Å². The molecule has 8 nitrogen and oxygen atoms in total. The maximum absolute atomic E-state index is 13.5. The van der Waals surface area contributed by atoms with Gasteiger partial charge in [-0.3, -0.25) is 9.59 Å². The first-order valence-electron chi connectivity index (χ1n) is 15.9. The lowest BCUT2D eigenvalue weighted by Gasteiger charge is -2.31. The lowest BCUT2D eigenvalue weighted by molar-refractivity contribution is -0.137. The molecule has 13 heteroatoms. The Hall–Kier alpha value is -4.24. The Morgan fingerprint density at radius 2 is 1.86 bits per heavy atom. The van der Waals surface area contributed by atoms with Crippen molar-refractivity contribution in [2.45, 2.75) is 51.6 Å². The molecule has 0 bridgehead atoms. The number of rotatable bonds is 10. The van der Waals surface area contributed by atoms with Crippen LogP contribution < -0.4 is 10.9 Å². The topological polar surface area (TPSA) is 122 Å². The van der Waals surface area contributed by atoms with Gasteiger partial charge in [0.25, 0.3) is 5.56 Å². The zero-order valence-corrected chi connectivity index (χ0v) is 28.4. The fraction of sp³-hybridized carbons (Fsp3) is 0.361. The molecule has 3 heterocycles. The van der Waals surface area contributed by atoms with Crippen LogP contribution in [-0.4, -0.2) is 47.1 Å². The van der Waals surface area contributed by atoms with Gasteiger partial charge in [-0.25, -0.2) is 0 Å². The van der Waals surface area contributed by atoms with E-state index in [9.17, 15) is 33.1 Å². The first kappa shape index (κ1) is 36.1. The quantitative estimate of drug-likeness (QED) is 0.153. The van der Waals surface area contributed by atoms with E-state index in [-0.39, 0.29) is 63.0 Å². The number of alkyl halides is 3. The SMILES string of the molecule is Cc1ccc(C(C)CCN2CCC(C(=O)NCCc3cc(Cl)cc(-c4cc(-c5cc(C(F)(F)F)ccc5Cl)c(C#N)c(=O)[nH]4)c3O)CC2)o1. The van der Waals surface area contributed by atoms with E-state index in [2.05, 4.69) is 22.1 Å². The van der Waals surface area contributed by atoms with Crippen molar-refractivity contribution in [3.05, 3.63) is 97.1 Å². The maximum Gasteiger partial charge on any atom is 0.416 e. The predicted octanol–water partition coefficient (Wildman–Crippen LogP) is 8.08. The Balaban J connectivity index is 1.25. The second-order valence-electron chi connectivity index (χ2n) is 12.4. The number of benzene rings is 2. The fourth-order valence-electron chi connectivity index (χ4n) is 6.11. The molecule has 49 heavy (non-hydrogen) atoms. The monoisotopic (exact) mass is 714 g/mol. The highest BCUT2D eigenvalue weighted by atomic mass is 35.5. The van der Waals surface area contributed by atoms with Gasteiger partial charge in [-0.15, -0.1) is 0 Å². The van der Waals surface area contributed by atoms with Crippen molar-refractivity contribution in [1.29, 1.82) is 5.26 Å². The number of amides is 1. The molecule has 0 radical (unpaired) electrons. The molecule has 1 aliphatic rings. The Kier molecular flexibility index (Phi) is 11.1. The van der Waals surface area contributed by atoms with Crippen LogP contribution in [0.15, 0.2) is 57.7 Å². The van der Waals surface area contributed by atoms with E-state index < -0.39 is 22.9 Å². The zero-order chi connectivity index (χ0) is 35.5. The summed E-state index contributed by atoms with van der Waals surface area (Å²) in [6.07, 6.45) is -2.05. The van der Waals surface area contributed by atoms with E-state index in [0.717, 1.165) is 68.6 Å². The average molecular weight is 716 g/mol. The molecular formula is C36H35Cl2F3N4O4. The van der Waals surface area contributed by atoms with Gasteiger partial charge in [0.1, 0.15) is 28.9 Å². The summed E-state index contributed by atoms with van der Waals surface area (Å²) in [5.41, 5.74) is -2.18. The van der Waals surface area contributed by atoms with E-state index in [4.69, 9.17) is 27.6 Å². The van der Waals surface area contributed by atoms with Crippen molar-refractivity contribution in [1.82, 2.24) is 15.2 Å². The van der Waals surface area contributed by atoms with Crippen molar-refractivity contribution < 1.29 is 27.5 Å². The summed E-state index contributed by atoms with van der Waals surface area (Å²) < 4.78 is 46.2. The van der Waals surface area contributed by atoms with Crippen LogP contribution in [0.25, 0.3) is 22.4 Å². The second-order valence-corrected chi connectivity index (χ2v) is 13.2. The number of aromatic amines is 1. The number of aromatic nitrogens is 1. The normalized spacial score (nSPS) is 14.8. The van der Waals surface area contributed by atoms with Crippen molar-refractivity contribution >= 4 is 29.1 Å². The molecular weight excluding hydrogens is 680 g/mol. The number of likely N-dealkylation sites (tertiary alicyclic amines) is 1. The van der Waals surface area contributed by atoms with Crippen LogP contribution in [0.1, 0.15) is 60.3 Å². The fourth-order valence-corrected chi connectivity index (χ4v) is 6.57. The molecule has 1 atom stereocenters. The number of nitriles is 1. The summed E-state index contributed by atoms with van der Waals surface area (Å²) in [5, 5.41) is 23.9. The highest BCUT2D eigenvalue weighted by molar-refractivity contribution is 6.33. The second kappa shape index (κ2) is 15.1. The van der Waals surface area contributed by atoms with Crippen LogP contribution in [0, 0.1) is 24.2 Å². The van der Waals surface area contributed by atoms with Crippen LogP contribution in [-0.2, 0) is 17.4 Å². The van der Waals surface area contributed by atoms with Gasteiger partial charge < -0.3 is 24.7 Å². The number of aromatic hydroxyl groups is 1. The Morgan fingerprint density at radius 3 is 2.51 bits per heavy atom. The number of carbonyl (C=O) groups excluding carboxylic acids is 1. The highest BCUT2D eigenvalue weighted by Crippen LogP contribution is 2.40. The number of hydrogen-bond acceptors (Lipinski definition) is 6. The lowest BCUT2D eigenvalue weighted by atomic mass is 9.95. The van der Waals surface area contributed by atoms with E-state index in [0.29, 0.717) is 11.5 Å². The first-order chi connectivity index (χ1) is 23.2. The Bertz CT molecular complexity index is 1940. The number of H-pyrrole nitrogens is 1. The number of nitrogens with one attached hydrogen (secondary N) is 2. The average Bonchev–Trinajstić information content (AvgIpc) is 3.50. The van der Waals surface area contributed by atoms with Crippen molar-refractivity contribution in [2.24, 2.45) is 5.92 Å². The van der Waals surface area contributed by atoms with Gasteiger partial charge in [-0.1, -0.05) is 30.1 Å². The molecule has 0 spiro atoms. The number of halogens is 5. The van der Waals surface area contributed by atoms with Crippen molar-refractivity contribution in [2.75, 3.05) is 26.2 Å². The minimum absolute atomic E-state index is 0.0122. The Labute approximate surface area is 291 Å². The van der Waals surface area contributed by atoms with E-state index >= 15 is 0 Å². The number of phenols is 1. The first-order valence-corrected chi connectivity index (χ1v) is 16.6. The number of aryl methyl sites for hydroxylation is 1. The highest BCUT2D eigenvalue weighted by Gasteiger charge is 2.32. The zero-order valence-electron chi connectivity index (χ0n) is 26.9. The minimum Gasteiger partial charge on any atom is -0.507 e. The summed E-state index contributed by atoms with van der Waals surface area (Å²) in [6.45, 7) is 6.85. The standard InChI is InChI=1S/C36H35Cl2F3N4O4/c1-20(32-6-3-21(2)49-32)8-12-45-13-9-22(10-14-45)34(47)43-11-7-23-15-25(37)17-28(33(23)46)31-18-26(29(19-42)35(48)44-31)27-16-24(36(39,40)41)4-5-30(27)38/h3-6,15-18,20,22,46H,7-14H2,1-2H3,(H,43,47)(H,44,48). The molecule has 1 aliphatic heterocycles. The van der Waals surface area contributed by atoms with Crippen molar-refractivity contribution in [3.8, 4) is 34.2 Å². The number of pyridine rings is 1. The van der Waals surface area contributed by atoms with Crippen LogP contribution >= 0.6 is 23.2 Å². The minimum atomic E-state index is -4.69. The number of furan rings is 1. The van der Waals surface area contributed by atoms with Gasteiger partial charge in [0, 0.05) is 45.1 Å². The van der Waals surface area contributed by atoms with Crippen LogP contribution in [0.5, 0.6) is 5.75 Å². The largest absolute Gasteiger partial charge is 0.507 e. The molecule has 1 saturated heterocycles. The molecule has 1 amide bonds. The molecule has 5 rings (SSSR count). The molecule has 1 unspecified atom stereocenters. The number of phenolic OH excluding ortho intramolecular Hbond substituents is 1. The lowest BCUT2D eigenvalue weighted by Crippen LogP contribution is -2.41. The third kappa shape index (κ3) is 8.50. The molecule has 0 saturated carbocycles. The van der Waals surface area contributed by atoms with Gasteiger partial charge in [0.15, 0.2) is 0 Å². The molecule has 4 aromatic rings. The maximum atomic E-state index is 13.5. The summed E-state index contributed by atoms with van der Waals surface area (Å²) in [5.74, 6) is 1.76. The third-order valence-corrected chi connectivity index (χ3v) is 9.50. The smallest absolute Gasteiger partial charge is 0.416 e. The van der Waals surface area contributed by atoms with Gasteiger partial charge in [-0.05, 0) is 106 Å². The van der Waals surface area contributed by atoms with Gasteiger partial charge >= 0.3 is 6.18 Å². The molecule has 258 valence electrons. The molecule has 0 aliphatic carbocycles.